The standard InChI is InChI=1S/C31H33NO4/c1-21-4-2-3-5-24(21)20-36-28-14-12-26(13-15-28)31(19-22-6-9-27(31)18-22)25-10-7-23(8-11-25)30(35)32-17-16-29(33)34/h2-5,7-8,10-15,22,27H,6,9,16-20H2,1H3,(H,32,35)(H,33,34). The maximum absolute atomic E-state index is 12.4. The minimum absolute atomic E-state index is 0.0459. The number of amides is 1. The van der Waals surface area contributed by atoms with Crippen LogP contribution in [-0.2, 0) is 16.8 Å². The molecule has 0 heterocycles. The molecule has 0 aliphatic heterocycles. The van der Waals surface area contributed by atoms with Crippen molar-refractivity contribution in [2.45, 2.75) is 51.0 Å². The van der Waals surface area contributed by atoms with Crippen molar-refractivity contribution in [1.29, 1.82) is 0 Å². The molecular formula is C31H33NO4. The Balaban J connectivity index is 1.35. The van der Waals surface area contributed by atoms with Crippen molar-refractivity contribution in [3.63, 3.8) is 0 Å². The maximum Gasteiger partial charge on any atom is 0.305 e. The molecule has 5 heteroatoms. The van der Waals surface area contributed by atoms with Crippen LogP contribution in [0.15, 0.2) is 72.8 Å². The first-order valence-electron chi connectivity index (χ1n) is 12.8. The molecule has 0 radical (unpaired) electrons. The lowest BCUT2D eigenvalue weighted by molar-refractivity contribution is -0.136. The third-order valence-electron chi connectivity index (χ3n) is 8.16. The number of nitrogens with one attached hydrogen (secondary N) is 1. The van der Waals surface area contributed by atoms with Gasteiger partial charge >= 0.3 is 5.97 Å². The summed E-state index contributed by atoms with van der Waals surface area (Å²) in [5.74, 6) is 1.05. The van der Waals surface area contributed by atoms with Gasteiger partial charge in [-0.25, -0.2) is 0 Å². The lowest BCUT2D eigenvalue weighted by Gasteiger charge is -2.39. The number of carboxylic acids is 1. The van der Waals surface area contributed by atoms with Crippen LogP contribution in [0.2, 0.25) is 0 Å². The molecule has 2 fully saturated rings. The Labute approximate surface area is 212 Å². The zero-order valence-electron chi connectivity index (χ0n) is 20.7. The average molecular weight is 484 g/mol. The van der Waals surface area contributed by atoms with Crippen molar-refractivity contribution in [3.8, 4) is 5.75 Å². The van der Waals surface area contributed by atoms with Crippen molar-refractivity contribution >= 4 is 11.9 Å². The zero-order valence-corrected chi connectivity index (χ0v) is 20.7. The number of hydrogen-bond donors (Lipinski definition) is 2. The monoisotopic (exact) mass is 483 g/mol. The van der Waals surface area contributed by atoms with Gasteiger partial charge in [-0.1, -0.05) is 55.0 Å². The number of carbonyl (C=O) groups is 2. The first-order chi connectivity index (χ1) is 17.5. The Hall–Kier alpha value is -3.60. The largest absolute Gasteiger partial charge is 0.489 e. The van der Waals surface area contributed by atoms with Crippen LogP contribution in [0, 0.1) is 18.8 Å². The van der Waals surface area contributed by atoms with Gasteiger partial charge in [0.05, 0.1) is 6.42 Å². The molecule has 36 heavy (non-hydrogen) atoms. The summed E-state index contributed by atoms with van der Waals surface area (Å²) in [6.07, 6.45) is 4.83. The molecule has 3 aromatic rings. The summed E-state index contributed by atoms with van der Waals surface area (Å²) in [5, 5.41) is 11.5. The number of hydrogen-bond acceptors (Lipinski definition) is 3. The summed E-state index contributed by atoms with van der Waals surface area (Å²) >= 11 is 0. The van der Waals surface area contributed by atoms with E-state index in [2.05, 4.69) is 60.8 Å². The quantitative estimate of drug-likeness (QED) is 0.398. The van der Waals surface area contributed by atoms with Crippen LogP contribution >= 0.6 is 0 Å². The molecule has 5 rings (SSSR count). The average Bonchev–Trinajstić information content (AvgIpc) is 3.51. The number of aliphatic carboxylic acids is 1. The van der Waals surface area contributed by atoms with E-state index in [1.165, 1.54) is 41.5 Å². The molecule has 2 bridgehead atoms. The van der Waals surface area contributed by atoms with Gasteiger partial charge in [0, 0.05) is 17.5 Å². The summed E-state index contributed by atoms with van der Waals surface area (Å²) in [5.41, 5.74) is 5.51. The molecule has 2 saturated carbocycles. The molecule has 0 saturated heterocycles. The van der Waals surface area contributed by atoms with Gasteiger partial charge in [-0.15, -0.1) is 0 Å². The Morgan fingerprint density at radius 3 is 2.28 bits per heavy atom. The predicted octanol–water partition coefficient (Wildman–Crippen LogP) is 5.88. The molecule has 0 aromatic heterocycles. The number of fused-ring (bicyclic) bond motifs is 2. The summed E-state index contributed by atoms with van der Waals surface area (Å²) in [4.78, 5) is 23.2. The van der Waals surface area contributed by atoms with Crippen molar-refractivity contribution in [3.05, 3.63) is 101 Å². The summed E-state index contributed by atoms with van der Waals surface area (Å²) in [7, 11) is 0. The highest BCUT2D eigenvalue weighted by Crippen LogP contribution is 2.60. The molecule has 1 amide bonds. The van der Waals surface area contributed by atoms with Crippen molar-refractivity contribution < 1.29 is 19.4 Å². The van der Waals surface area contributed by atoms with Crippen LogP contribution in [0.25, 0.3) is 0 Å². The van der Waals surface area contributed by atoms with Crippen LogP contribution in [-0.4, -0.2) is 23.5 Å². The summed E-state index contributed by atoms with van der Waals surface area (Å²) in [6, 6.07) is 24.8. The van der Waals surface area contributed by atoms with E-state index >= 15 is 0 Å². The highest BCUT2D eigenvalue weighted by atomic mass is 16.5. The fourth-order valence-corrected chi connectivity index (χ4v) is 6.29. The number of carbonyl (C=O) groups excluding carboxylic acids is 1. The molecule has 2 N–H and O–H groups in total. The lowest BCUT2D eigenvalue weighted by atomic mass is 9.64. The van der Waals surface area contributed by atoms with E-state index in [1.54, 1.807) is 0 Å². The molecule has 2 aliphatic carbocycles. The van der Waals surface area contributed by atoms with Gasteiger partial charge in [0.2, 0.25) is 0 Å². The van der Waals surface area contributed by atoms with Crippen LogP contribution < -0.4 is 10.1 Å². The van der Waals surface area contributed by atoms with Crippen molar-refractivity contribution in [2.24, 2.45) is 11.8 Å². The van der Waals surface area contributed by atoms with E-state index in [0.717, 1.165) is 18.1 Å². The van der Waals surface area contributed by atoms with E-state index < -0.39 is 5.97 Å². The van der Waals surface area contributed by atoms with Gasteiger partial charge in [0.15, 0.2) is 0 Å². The molecular weight excluding hydrogens is 450 g/mol. The topological polar surface area (TPSA) is 75.6 Å². The van der Waals surface area contributed by atoms with Crippen molar-refractivity contribution in [2.75, 3.05) is 6.54 Å². The van der Waals surface area contributed by atoms with Crippen LogP contribution in [0.3, 0.4) is 0 Å². The number of carboxylic acid groups (broad SMARTS) is 1. The van der Waals surface area contributed by atoms with Crippen molar-refractivity contribution in [1.82, 2.24) is 5.32 Å². The number of rotatable bonds is 9. The Morgan fingerprint density at radius 2 is 1.67 bits per heavy atom. The maximum atomic E-state index is 12.4. The Morgan fingerprint density at radius 1 is 0.972 bits per heavy atom. The van der Waals surface area contributed by atoms with Gasteiger partial charge in [-0.05, 0) is 84.5 Å². The van der Waals surface area contributed by atoms with E-state index in [-0.39, 0.29) is 24.3 Å². The highest BCUT2D eigenvalue weighted by molar-refractivity contribution is 5.94. The van der Waals surface area contributed by atoms with E-state index in [0.29, 0.717) is 18.1 Å². The number of ether oxygens (including phenoxy) is 1. The first kappa shape index (κ1) is 24.1. The lowest BCUT2D eigenvalue weighted by Crippen LogP contribution is -2.34. The van der Waals surface area contributed by atoms with Gasteiger partial charge in [-0.2, -0.15) is 0 Å². The number of aryl methyl sites for hydroxylation is 1. The second-order valence-electron chi connectivity index (χ2n) is 10.3. The zero-order chi connectivity index (χ0) is 25.1. The molecule has 3 atom stereocenters. The summed E-state index contributed by atoms with van der Waals surface area (Å²) in [6.45, 7) is 2.78. The second-order valence-corrected chi connectivity index (χ2v) is 10.3. The molecule has 0 spiro atoms. The minimum Gasteiger partial charge on any atom is -0.489 e. The van der Waals surface area contributed by atoms with Gasteiger partial charge in [0.25, 0.3) is 5.91 Å². The predicted molar refractivity (Wildman–Crippen MR) is 139 cm³/mol. The molecule has 2 aliphatic rings. The third kappa shape index (κ3) is 4.75. The van der Waals surface area contributed by atoms with Gasteiger partial charge in [0.1, 0.15) is 12.4 Å². The second kappa shape index (κ2) is 10.2. The van der Waals surface area contributed by atoms with Crippen LogP contribution in [0.5, 0.6) is 5.75 Å². The van der Waals surface area contributed by atoms with E-state index in [4.69, 9.17) is 9.84 Å². The van der Waals surface area contributed by atoms with Gasteiger partial charge < -0.3 is 15.2 Å². The van der Waals surface area contributed by atoms with E-state index in [1.807, 2.05) is 24.3 Å². The third-order valence-corrected chi connectivity index (χ3v) is 8.16. The normalized spacial score (nSPS) is 22.4. The van der Waals surface area contributed by atoms with Crippen LogP contribution in [0.1, 0.15) is 64.7 Å². The SMILES string of the molecule is Cc1ccccc1COc1ccc(C2(c3ccc(C(=O)NCCC(=O)O)cc3)CC3CCC2C3)cc1. The van der Waals surface area contributed by atoms with E-state index in [9.17, 15) is 9.59 Å². The molecule has 186 valence electrons. The first-order valence-corrected chi connectivity index (χ1v) is 12.8. The smallest absolute Gasteiger partial charge is 0.305 e. The highest BCUT2D eigenvalue weighted by Gasteiger charge is 2.52. The number of benzene rings is 3. The fraction of sp³-hybridized carbons (Fsp3) is 0.355. The minimum atomic E-state index is -0.921. The Kier molecular flexibility index (Phi) is 6.82. The van der Waals surface area contributed by atoms with Gasteiger partial charge in [-0.3, -0.25) is 9.59 Å². The summed E-state index contributed by atoms with van der Waals surface area (Å²) < 4.78 is 6.10. The van der Waals surface area contributed by atoms with Crippen LogP contribution in [0.4, 0.5) is 0 Å². The molecule has 5 nitrogen and oxygen atoms in total. The Bertz CT molecular complexity index is 1230. The molecule has 3 unspecified atom stereocenters. The fourth-order valence-electron chi connectivity index (χ4n) is 6.29. The molecule has 3 aromatic carbocycles.